The average molecular weight is 486 g/mol. The van der Waals surface area contributed by atoms with Crippen LogP contribution in [0.2, 0.25) is 0 Å². The first kappa shape index (κ1) is 24.4. The Morgan fingerprint density at radius 1 is 0.943 bits per heavy atom. The van der Waals surface area contributed by atoms with Crippen LogP contribution in [0.1, 0.15) is 22.3 Å². The second-order valence-corrected chi connectivity index (χ2v) is 9.03. The first-order valence-corrected chi connectivity index (χ1v) is 12.2. The minimum Gasteiger partial charge on any atom is -0.497 e. The predicted octanol–water partition coefficient (Wildman–Crippen LogP) is 4.80. The number of nitrogens with zero attached hydrogens (tertiary/aromatic N) is 2. The van der Waals surface area contributed by atoms with Crippen molar-refractivity contribution in [3.05, 3.63) is 112 Å². The highest BCUT2D eigenvalue weighted by molar-refractivity contribution is 7.99. The average Bonchev–Trinajstić information content (AvgIpc) is 2.90. The Morgan fingerprint density at radius 3 is 2.40 bits per heavy atom. The summed E-state index contributed by atoms with van der Waals surface area (Å²) in [5.74, 6) is 0.796. The number of carbonyl (C=O) groups is 1. The number of nitrogens with one attached hydrogen (secondary N) is 1. The Labute approximate surface area is 209 Å². The smallest absolute Gasteiger partial charge is 0.271 e. The van der Waals surface area contributed by atoms with Gasteiger partial charge in [-0.05, 0) is 79.5 Å². The van der Waals surface area contributed by atoms with Crippen LogP contribution in [0.5, 0.6) is 5.75 Å². The van der Waals surface area contributed by atoms with Crippen LogP contribution >= 0.6 is 11.8 Å². The summed E-state index contributed by atoms with van der Waals surface area (Å²) in [6.07, 6.45) is 1.95. The van der Waals surface area contributed by atoms with Gasteiger partial charge in [0.1, 0.15) is 10.8 Å². The third-order valence-electron chi connectivity index (χ3n) is 5.44. The van der Waals surface area contributed by atoms with Crippen LogP contribution in [0.4, 0.5) is 0 Å². The van der Waals surface area contributed by atoms with Crippen LogP contribution in [-0.4, -0.2) is 35.8 Å². The molecule has 0 aliphatic rings. The van der Waals surface area contributed by atoms with Gasteiger partial charge in [-0.25, -0.2) is 0 Å². The maximum absolute atomic E-state index is 12.5. The number of methoxy groups -OCH3 is 1. The topological polar surface area (TPSA) is 73.2 Å². The van der Waals surface area contributed by atoms with E-state index in [-0.39, 0.29) is 17.9 Å². The van der Waals surface area contributed by atoms with Gasteiger partial charge in [-0.2, -0.15) is 9.78 Å². The Kier molecular flexibility index (Phi) is 8.48. The number of rotatable bonds is 11. The van der Waals surface area contributed by atoms with E-state index in [4.69, 9.17) is 4.74 Å². The lowest BCUT2D eigenvalue weighted by molar-refractivity contribution is 0.0991. The Morgan fingerprint density at radius 2 is 1.69 bits per heavy atom. The molecule has 4 aromatic rings. The van der Waals surface area contributed by atoms with E-state index in [1.165, 1.54) is 28.1 Å². The molecule has 1 heterocycles. The maximum atomic E-state index is 12.5. The van der Waals surface area contributed by atoms with Crippen molar-refractivity contribution in [2.75, 3.05) is 20.2 Å². The molecule has 7 heteroatoms. The molecule has 0 fully saturated rings. The maximum Gasteiger partial charge on any atom is 0.271 e. The second kappa shape index (κ2) is 12.1. The monoisotopic (exact) mass is 485 g/mol. The van der Waals surface area contributed by atoms with Gasteiger partial charge in [-0.1, -0.05) is 42.1 Å². The van der Waals surface area contributed by atoms with Crippen molar-refractivity contribution in [2.24, 2.45) is 0 Å². The summed E-state index contributed by atoms with van der Waals surface area (Å²) in [5.41, 5.74) is 2.27. The highest BCUT2D eigenvalue weighted by Gasteiger charge is 2.09. The molecule has 0 unspecified atom stereocenters. The Hall–Kier alpha value is -3.68. The van der Waals surface area contributed by atoms with Crippen molar-refractivity contribution in [3.63, 3.8) is 0 Å². The van der Waals surface area contributed by atoms with Crippen LogP contribution < -0.4 is 15.6 Å². The molecule has 6 nitrogen and oxygen atoms in total. The molecule has 1 N–H and O–H groups in total. The van der Waals surface area contributed by atoms with Gasteiger partial charge in [-0.15, -0.1) is 0 Å². The molecule has 0 saturated heterocycles. The minimum atomic E-state index is -0.233. The molecule has 0 atom stereocenters. The molecule has 0 bridgehead atoms. The number of hydrogen-bond acceptors (Lipinski definition) is 6. The number of hydrogen-bond donors (Lipinski definition) is 1. The van der Waals surface area contributed by atoms with E-state index in [9.17, 15) is 9.59 Å². The fourth-order valence-corrected chi connectivity index (χ4v) is 4.33. The molecule has 1 aromatic heterocycles. The van der Waals surface area contributed by atoms with Crippen molar-refractivity contribution in [3.8, 4) is 11.4 Å². The van der Waals surface area contributed by atoms with Crippen molar-refractivity contribution in [2.45, 2.75) is 22.8 Å². The number of ketones is 1. The Balaban J connectivity index is 1.33. The van der Waals surface area contributed by atoms with Crippen LogP contribution in [0.25, 0.3) is 5.69 Å². The fraction of sp³-hybridized carbons (Fsp3) is 0.179. The summed E-state index contributed by atoms with van der Waals surface area (Å²) in [7, 11) is 1.63. The first-order chi connectivity index (χ1) is 17.1. The second-order valence-electron chi connectivity index (χ2n) is 7.94. The van der Waals surface area contributed by atoms with Gasteiger partial charge in [0.15, 0.2) is 5.78 Å². The van der Waals surface area contributed by atoms with Gasteiger partial charge in [0.2, 0.25) is 0 Å². The number of aromatic nitrogens is 2. The number of carbonyl (C=O) groups excluding carboxylic acids is 1. The first-order valence-electron chi connectivity index (χ1n) is 11.4. The van der Waals surface area contributed by atoms with Crippen molar-refractivity contribution in [1.82, 2.24) is 15.1 Å². The number of Topliss-reactive ketones (excluding diaryl/α,β-unsaturated/α-hetero) is 1. The molecule has 0 aliphatic heterocycles. The van der Waals surface area contributed by atoms with E-state index >= 15 is 0 Å². The van der Waals surface area contributed by atoms with Gasteiger partial charge < -0.3 is 10.1 Å². The van der Waals surface area contributed by atoms with E-state index in [0.29, 0.717) is 16.3 Å². The summed E-state index contributed by atoms with van der Waals surface area (Å²) < 4.78 is 6.54. The van der Waals surface area contributed by atoms with Crippen LogP contribution in [0.15, 0.2) is 106 Å². The van der Waals surface area contributed by atoms with E-state index < -0.39 is 0 Å². The molecule has 0 aliphatic carbocycles. The summed E-state index contributed by atoms with van der Waals surface area (Å²) in [6, 6.07) is 28.1. The lowest BCUT2D eigenvalue weighted by Crippen LogP contribution is -2.24. The summed E-state index contributed by atoms with van der Waals surface area (Å²) >= 11 is 1.46. The summed E-state index contributed by atoms with van der Waals surface area (Å²) in [6.45, 7) is 1.05. The van der Waals surface area contributed by atoms with Crippen LogP contribution in [-0.2, 0) is 6.42 Å². The molecular formula is C28H27N3O3S. The highest BCUT2D eigenvalue weighted by atomic mass is 32.2. The molecule has 35 heavy (non-hydrogen) atoms. The third-order valence-corrected chi connectivity index (χ3v) is 6.37. The molecule has 0 spiro atoms. The SMILES string of the molecule is COc1ccc(Sc2ccc(=O)n(-c3ccc(C(=O)CNCCCc4ccccc4)cc3)n2)cc1. The van der Waals surface area contributed by atoms with Gasteiger partial charge >= 0.3 is 0 Å². The van der Waals surface area contributed by atoms with E-state index in [2.05, 4.69) is 22.5 Å². The summed E-state index contributed by atoms with van der Waals surface area (Å²) in [4.78, 5) is 26.0. The predicted molar refractivity (Wildman–Crippen MR) is 139 cm³/mol. The molecule has 4 rings (SSSR count). The normalized spacial score (nSPS) is 10.8. The third kappa shape index (κ3) is 6.91. The zero-order valence-electron chi connectivity index (χ0n) is 19.5. The van der Waals surface area contributed by atoms with Crippen molar-refractivity contribution in [1.29, 1.82) is 0 Å². The number of ether oxygens (including phenoxy) is 1. The number of aryl methyl sites for hydroxylation is 1. The van der Waals surface area contributed by atoms with Gasteiger partial charge in [-0.3, -0.25) is 9.59 Å². The van der Waals surface area contributed by atoms with E-state index in [1.807, 2.05) is 42.5 Å². The lowest BCUT2D eigenvalue weighted by Gasteiger charge is -2.09. The number of benzene rings is 3. The molecular weight excluding hydrogens is 458 g/mol. The van der Waals surface area contributed by atoms with Gasteiger partial charge in [0, 0.05) is 16.5 Å². The van der Waals surface area contributed by atoms with Crippen LogP contribution in [0.3, 0.4) is 0 Å². The molecule has 178 valence electrons. The minimum absolute atomic E-state index is 0.0142. The quantitative estimate of drug-likeness (QED) is 0.243. The van der Waals surface area contributed by atoms with Crippen LogP contribution in [0, 0.1) is 0 Å². The Bertz CT molecular complexity index is 1300. The zero-order chi connectivity index (χ0) is 24.5. The van der Waals surface area contributed by atoms with Crippen molar-refractivity contribution < 1.29 is 9.53 Å². The fourth-order valence-electron chi connectivity index (χ4n) is 3.55. The highest BCUT2D eigenvalue weighted by Crippen LogP contribution is 2.27. The molecule has 0 amide bonds. The largest absolute Gasteiger partial charge is 0.497 e. The van der Waals surface area contributed by atoms with Gasteiger partial charge in [0.25, 0.3) is 5.56 Å². The summed E-state index contributed by atoms with van der Waals surface area (Å²) in [5, 5.41) is 8.40. The van der Waals surface area contributed by atoms with E-state index in [0.717, 1.165) is 30.0 Å². The molecule has 3 aromatic carbocycles. The molecule has 0 radical (unpaired) electrons. The van der Waals surface area contributed by atoms with Crippen molar-refractivity contribution >= 4 is 17.5 Å². The lowest BCUT2D eigenvalue weighted by atomic mass is 10.1. The van der Waals surface area contributed by atoms with E-state index in [1.54, 1.807) is 37.4 Å². The molecule has 0 saturated carbocycles. The zero-order valence-corrected chi connectivity index (χ0v) is 20.3. The standard InChI is InChI=1S/C28H27N3O3S/c1-34-24-13-15-25(16-14-24)35-27-17-18-28(33)31(30-27)23-11-9-22(10-12-23)26(32)20-29-19-5-8-21-6-3-2-4-7-21/h2-4,6-7,9-18,29H,5,8,19-20H2,1H3. The van der Waals surface area contributed by atoms with Gasteiger partial charge in [0.05, 0.1) is 19.3 Å².